The number of hydrogen-bond acceptors (Lipinski definition) is 1. The zero-order valence-corrected chi connectivity index (χ0v) is 6.59. The maximum Gasteiger partial charge on any atom is 0.191 e. The molecule has 2 rings (SSSR count). The van der Waals surface area contributed by atoms with E-state index in [0.29, 0.717) is 24.7 Å². The minimum atomic E-state index is -1.71. The van der Waals surface area contributed by atoms with Gasteiger partial charge < -0.3 is 0 Å². The summed E-state index contributed by atoms with van der Waals surface area (Å²) in [5, 5.41) is 0. The van der Waals surface area contributed by atoms with Crippen LogP contribution in [-0.4, -0.2) is 6.29 Å². The summed E-state index contributed by atoms with van der Waals surface area (Å²) >= 11 is 0. The number of fused-ring (bicyclic) bond motifs is 1. The highest BCUT2D eigenvalue weighted by atomic mass is 19.1. The average Bonchev–Trinajstić information content (AvgIpc) is 2.46. The highest BCUT2D eigenvalue weighted by Crippen LogP contribution is 2.38. The number of alkyl halides is 1. The molecule has 0 unspecified atom stereocenters. The largest absolute Gasteiger partial charge is 0.299 e. The SMILES string of the molecule is O=C[C@@]1(F)CCc2ccccc21. The van der Waals surface area contributed by atoms with Crippen LogP contribution < -0.4 is 0 Å². The van der Waals surface area contributed by atoms with E-state index in [4.69, 9.17) is 0 Å². The second-order valence-corrected chi connectivity index (χ2v) is 3.14. The highest BCUT2D eigenvalue weighted by Gasteiger charge is 2.38. The Balaban J connectivity index is 2.56. The lowest BCUT2D eigenvalue weighted by atomic mass is 10.0. The summed E-state index contributed by atoms with van der Waals surface area (Å²) in [6, 6.07) is 7.20. The number of carbonyl (C=O) groups excluding carboxylic acids is 1. The van der Waals surface area contributed by atoms with E-state index in [1.165, 1.54) is 0 Å². The summed E-state index contributed by atoms with van der Waals surface area (Å²) in [6.45, 7) is 0. The molecule has 0 heterocycles. The Labute approximate surface area is 70.2 Å². The number of halogens is 1. The van der Waals surface area contributed by atoms with Crippen molar-refractivity contribution in [2.45, 2.75) is 18.5 Å². The van der Waals surface area contributed by atoms with E-state index >= 15 is 0 Å². The Kier molecular flexibility index (Phi) is 1.50. The van der Waals surface area contributed by atoms with E-state index in [0.717, 1.165) is 5.56 Å². The van der Waals surface area contributed by atoms with Gasteiger partial charge in [-0.25, -0.2) is 4.39 Å². The molecular formula is C10H9FO. The third-order valence-corrected chi connectivity index (χ3v) is 2.41. The maximum absolute atomic E-state index is 13.7. The van der Waals surface area contributed by atoms with Crippen molar-refractivity contribution in [3.8, 4) is 0 Å². The molecule has 0 aromatic heterocycles. The van der Waals surface area contributed by atoms with Crippen LogP contribution in [-0.2, 0) is 16.9 Å². The normalized spacial score (nSPS) is 26.8. The second-order valence-electron chi connectivity index (χ2n) is 3.14. The Morgan fingerprint density at radius 3 is 2.92 bits per heavy atom. The molecule has 0 radical (unpaired) electrons. The van der Waals surface area contributed by atoms with Crippen molar-refractivity contribution in [3.05, 3.63) is 35.4 Å². The van der Waals surface area contributed by atoms with Crippen LogP contribution in [0.5, 0.6) is 0 Å². The maximum atomic E-state index is 13.7. The molecule has 1 atom stereocenters. The fraction of sp³-hybridized carbons (Fsp3) is 0.300. The molecule has 0 bridgehead atoms. The summed E-state index contributed by atoms with van der Waals surface area (Å²) in [5.74, 6) is 0. The van der Waals surface area contributed by atoms with E-state index in [9.17, 15) is 9.18 Å². The van der Waals surface area contributed by atoms with Crippen molar-refractivity contribution in [2.24, 2.45) is 0 Å². The first-order chi connectivity index (χ1) is 5.76. The molecular weight excluding hydrogens is 155 g/mol. The molecule has 0 saturated carbocycles. The van der Waals surface area contributed by atoms with Crippen molar-refractivity contribution in [2.75, 3.05) is 0 Å². The van der Waals surface area contributed by atoms with Crippen molar-refractivity contribution < 1.29 is 9.18 Å². The van der Waals surface area contributed by atoms with E-state index in [-0.39, 0.29) is 0 Å². The molecule has 1 aromatic carbocycles. The fourth-order valence-electron chi connectivity index (χ4n) is 1.72. The fourth-order valence-corrected chi connectivity index (χ4v) is 1.72. The van der Waals surface area contributed by atoms with Crippen molar-refractivity contribution in [3.63, 3.8) is 0 Å². The van der Waals surface area contributed by atoms with Gasteiger partial charge in [0.05, 0.1) is 0 Å². The van der Waals surface area contributed by atoms with Gasteiger partial charge in [-0.2, -0.15) is 0 Å². The molecule has 0 spiro atoms. The van der Waals surface area contributed by atoms with Crippen LogP contribution in [0.15, 0.2) is 24.3 Å². The Morgan fingerprint density at radius 2 is 2.17 bits per heavy atom. The van der Waals surface area contributed by atoms with Gasteiger partial charge in [0.2, 0.25) is 0 Å². The number of aryl methyl sites for hydroxylation is 1. The molecule has 1 nitrogen and oxygen atoms in total. The molecule has 62 valence electrons. The van der Waals surface area contributed by atoms with E-state index in [1.807, 2.05) is 12.1 Å². The zero-order chi connectivity index (χ0) is 8.60. The van der Waals surface area contributed by atoms with Crippen LogP contribution in [0.3, 0.4) is 0 Å². The number of benzene rings is 1. The Hall–Kier alpha value is -1.18. The predicted molar refractivity (Wildman–Crippen MR) is 43.6 cm³/mol. The number of carbonyl (C=O) groups is 1. The van der Waals surface area contributed by atoms with E-state index in [1.54, 1.807) is 12.1 Å². The highest BCUT2D eigenvalue weighted by molar-refractivity contribution is 5.68. The quantitative estimate of drug-likeness (QED) is 0.580. The molecule has 0 N–H and O–H groups in total. The van der Waals surface area contributed by atoms with Gasteiger partial charge in [-0.05, 0) is 24.0 Å². The second kappa shape index (κ2) is 2.41. The lowest BCUT2D eigenvalue weighted by Crippen LogP contribution is -2.17. The first-order valence-electron chi connectivity index (χ1n) is 4.00. The zero-order valence-electron chi connectivity index (χ0n) is 6.59. The molecule has 1 aromatic rings. The van der Waals surface area contributed by atoms with Crippen LogP contribution >= 0.6 is 0 Å². The van der Waals surface area contributed by atoms with Gasteiger partial charge in [0.15, 0.2) is 12.0 Å². The lowest BCUT2D eigenvalue weighted by molar-refractivity contribution is -0.118. The van der Waals surface area contributed by atoms with Crippen LogP contribution in [0.1, 0.15) is 17.5 Å². The van der Waals surface area contributed by atoms with Crippen LogP contribution in [0.25, 0.3) is 0 Å². The molecule has 2 heteroatoms. The molecule has 1 aliphatic rings. The van der Waals surface area contributed by atoms with Gasteiger partial charge in [-0.1, -0.05) is 24.3 Å². The van der Waals surface area contributed by atoms with Gasteiger partial charge in [0.25, 0.3) is 0 Å². The smallest absolute Gasteiger partial charge is 0.191 e. The standard InChI is InChI=1S/C10H9FO/c11-10(7-12)6-5-8-3-1-2-4-9(8)10/h1-4,7H,5-6H2/t10-/m0/s1. The minimum Gasteiger partial charge on any atom is -0.299 e. The summed E-state index contributed by atoms with van der Waals surface area (Å²) in [7, 11) is 0. The summed E-state index contributed by atoms with van der Waals surface area (Å²) in [4.78, 5) is 10.5. The molecule has 0 saturated heterocycles. The van der Waals surface area contributed by atoms with Gasteiger partial charge in [0, 0.05) is 0 Å². The van der Waals surface area contributed by atoms with Crippen LogP contribution in [0.4, 0.5) is 4.39 Å². The van der Waals surface area contributed by atoms with E-state index in [2.05, 4.69) is 0 Å². The first kappa shape index (κ1) is 7.47. The molecule has 0 amide bonds. The summed E-state index contributed by atoms with van der Waals surface area (Å²) in [5.41, 5.74) is -0.191. The third kappa shape index (κ3) is 0.876. The van der Waals surface area contributed by atoms with Crippen molar-refractivity contribution in [1.29, 1.82) is 0 Å². The number of aldehydes is 1. The third-order valence-electron chi connectivity index (χ3n) is 2.41. The van der Waals surface area contributed by atoms with Crippen molar-refractivity contribution >= 4 is 6.29 Å². The Morgan fingerprint density at radius 1 is 1.42 bits per heavy atom. The topological polar surface area (TPSA) is 17.1 Å². The van der Waals surface area contributed by atoms with Crippen molar-refractivity contribution in [1.82, 2.24) is 0 Å². The van der Waals surface area contributed by atoms with Crippen LogP contribution in [0.2, 0.25) is 0 Å². The Bertz CT molecular complexity index is 321. The monoisotopic (exact) mass is 164 g/mol. The van der Waals surface area contributed by atoms with Gasteiger partial charge in [0.1, 0.15) is 0 Å². The van der Waals surface area contributed by atoms with Gasteiger partial charge in [-0.3, -0.25) is 4.79 Å². The molecule has 12 heavy (non-hydrogen) atoms. The predicted octanol–water partition coefficient (Wildman–Crippen LogP) is 2.00. The van der Waals surface area contributed by atoms with Gasteiger partial charge >= 0.3 is 0 Å². The summed E-state index contributed by atoms with van der Waals surface area (Å²) < 4.78 is 13.7. The molecule has 0 aliphatic heterocycles. The lowest BCUT2D eigenvalue weighted by Gasteiger charge is -2.11. The minimum absolute atomic E-state index is 0.301. The number of hydrogen-bond donors (Lipinski definition) is 0. The summed E-state index contributed by atoms with van der Waals surface area (Å²) in [6.07, 6.45) is 1.39. The average molecular weight is 164 g/mol. The van der Waals surface area contributed by atoms with E-state index < -0.39 is 5.67 Å². The molecule has 0 fully saturated rings. The number of rotatable bonds is 1. The van der Waals surface area contributed by atoms with Gasteiger partial charge in [-0.15, -0.1) is 0 Å². The van der Waals surface area contributed by atoms with Crippen LogP contribution in [0, 0.1) is 0 Å². The first-order valence-corrected chi connectivity index (χ1v) is 4.00. The molecule has 1 aliphatic carbocycles.